The molecule has 0 aromatic heterocycles. The first-order valence-electron chi connectivity index (χ1n) is 3.20. The van der Waals surface area contributed by atoms with E-state index in [1.54, 1.807) is 12.1 Å². The van der Waals surface area contributed by atoms with Crippen molar-refractivity contribution in [3.05, 3.63) is 29.3 Å². The van der Waals surface area contributed by atoms with Crippen LogP contribution in [-0.2, 0) is 0 Å². The second-order valence-corrected chi connectivity index (χ2v) is 2.44. The van der Waals surface area contributed by atoms with Crippen molar-refractivity contribution in [2.45, 2.75) is 6.92 Å². The summed E-state index contributed by atoms with van der Waals surface area (Å²) in [6.45, 7) is 1.81. The number of rotatable bonds is 1. The van der Waals surface area contributed by atoms with Crippen LogP contribution in [0, 0.1) is 6.92 Å². The molecule has 0 aliphatic carbocycles. The van der Waals surface area contributed by atoms with Gasteiger partial charge in [0.15, 0.2) is 0 Å². The molecule has 0 aliphatic heterocycles. The minimum Gasteiger partial charge on any atom is -0.478 e. The van der Waals surface area contributed by atoms with Gasteiger partial charge < -0.3 is 10.8 Å². The highest BCUT2D eigenvalue weighted by molar-refractivity contribution is 5.88. The van der Waals surface area contributed by atoms with Crippen LogP contribution in [0.4, 0.5) is 5.69 Å². The summed E-state index contributed by atoms with van der Waals surface area (Å²) in [5.41, 5.74) is 7.02. The van der Waals surface area contributed by atoms with Gasteiger partial charge in [0, 0.05) is 5.69 Å². The molecule has 0 spiro atoms. The zero-order chi connectivity index (χ0) is 8.43. The summed E-state index contributed by atoms with van der Waals surface area (Å²) in [6.07, 6.45) is 0. The first-order valence-corrected chi connectivity index (χ1v) is 3.20. The third-order valence-corrected chi connectivity index (χ3v) is 1.35. The number of carboxylic acids is 1. The molecular weight excluding hydrogens is 142 g/mol. The summed E-state index contributed by atoms with van der Waals surface area (Å²) >= 11 is 0. The van der Waals surface area contributed by atoms with Gasteiger partial charge in [-0.25, -0.2) is 4.79 Å². The third-order valence-electron chi connectivity index (χ3n) is 1.35. The molecule has 0 amide bonds. The molecule has 3 nitrogen and oxygen atoms in total. The van der Waals surface area contributed by atoms with Crippen LogP contribution in [0.15, 0.2) is 18.2 Å². The number of hydrogen-bond acceptors (Lipinski definition) is 2. The van der Waals surface area contributed by atoms with Crippen molar-refractivity contribution < 1.29 is 9.90 Å². The lowest BCUT2D eigenvalue weighted by atomic mass is 10.1. The van der Waals surface area contributed by atoms with E-state index in [0.29, 0.717) is 5.69 Å². The first-order chi connectivity index (χ1) is 5.09. The molecule has 0 atom stereocenters. The monoisotopic (exact) mass is 151 g/mol. The van der Waals surface area contributed by atoms with Gasteiger partial charge in [-0.1, -0.05) is 0 Å². The van der Waals surface area contributed by atoms with Gasteiger partial charge in [0.25, 0.3) is 0 Å². The van der Waals surface area contributed by atoms with E-state index in [-0.39, 0.29) is 5.56 Å². The second kappa shape index (κ2) is 2.62. The van der Waals surface area contributed by atoms with E-state index in [1.165, 1.54) is 6.07 Å². The van der Waals surface area contributed by atoms with E-state index >= 15 is 0 Å². The maximum atomic E-state index is 10.4. The highest BCUT2D eigenvalue weighted by Gasteiger charge is 2.02. The molecule has 3 heteroatoms. The Morgan fingerprint density at radius 2 is 2.09 bits per heavy atom. The Labute approximate surface area is 64.5 Å². The average Bonchev–Trinajstić information content (AvgIpc) is 1.85. The predicted octanol–water partition coefficient (Wildman–Crippen LogP) is 1.28. The van der Waals surface area contributed by atoms with E-state index in [2.05, 4.69) is 0 Å². The van der Waals surface area contributed by atoms with Gasteiger partial charge in [-0.15, -0.1) is 0 Å². The molecule has 1 aromatic rings. The highest BCUT2D eigenvalue weighted by Crippen LogP contribution is 2.10. The molecule has 3 N–H and O–H groups in total. The summed E-state index contributed by atoms with van der Waals surface area (Å²) in [6, 6.07) is 4.75. The molecule has 58 valence electrons. The topological polar surface area (TPSA) is 63.3 Å². The van der Waals surface area contributed by atoms with E-state index in [9.17, 15) is 4.79 Å². The quantitative estimate of drug-likeness (QED) is 0.594. The average molecular weight is 151 g/mol. The Kier molecular flexibility index (Phi) is 1.81. The predicted molar refractivity (Wildman–Crippen MR) is 42.6 cm³/mol. The van der Waals surface area contributed by atoms with E-state index in [0.717, 1.165) is 5.56 Å². The van der Waals surface area contributed by atoms with Crippen molar-refractivity contribution in [2.24, 2.45) is 0 Å². The lowest BCUT2D eigenvalue weighted by molar-refractivity contribution is 0.0697. The molecule has 11 heavy (non-hydrogen) atoms. The second-order valence-electron chi connectivity index (χ2n) is 2.44. The van der Waals surface area contributed by atoms with Crippen LogP contribution < -0.4 is 5.73 Å². The molecule has 0 aliphatic rings. The van der Waals surface area contributed by atoms with E-state index < -0.39 is 5.97 Å². The van der Waals surface area contributed by atoms with Gasteiger partial charge in [-0.3, -0.25) is 0 Å². The summed E-state index contributed by atoms with van der Waals surface area (Å²) in [4.78, 5) is 10.4. The van der Waals surface area contributed by atoms with Crippen LogP contribution in [0.3, 0.4) is 0 Å². The number of aromatic carboxylic acids is 1. The normalized spacial score (nSPS) is 9.55. The van der Waals surface area contributed by atoms with Gasteiger partial charge in [0.05, 0.1) is 5.56 Å². The molecule has 0 radical (unpaired) electrons. The van der Waals surface area contributed by atoms with Crippen LogP contribution in [0.1, 0.15) is 15.9 Å². The van der Waals surface area contributed by atoms with Crippen molar-refractivity contribution in [1.82, 2.24) is 0 Å². The Bertz CT molecular complexity index is 274. The maximum absolute atomic E-state index is 10.4. The smallest absolute Gasteiger partial charge is 0.335 e. The number of benzene rings is 1. The van der Waals surface area contributed by atoms with Gasteiger partial charge in [0.1, 0.15) is 0 Å². The van der Waals surface area contributed by atoms with Gasteiger partial charge >= 0.3 is 5.97 Å². The van der Waals surface area contributed by atoms with Crippen LogP contribution in [0.2, 0.25) is 0 Å². The minimum absolute atomic E-state index is 0.238. The van der Waals surface area contributed by atoms with Crippen LogP contribution in [0.5, 0.6) is 0 Å². The molecular formula is C8H9NO2. The number of nitrogen functional groups attached to an aromatic ring is 1. The number of aryl methyl sites for hydroxylation is 1. The molecule has 0 fully saturated rings. The summed E-state index contributed by atoms with van der Waals surface area (Å²) in [5.74, 6) is -0.944. The van der Waals surface area contributed by atoms with Gasteiger partial charge in [-0.05, 0) is 30.7 Å². The molecule has 0 saturated carbocycles. The highest BCUT2D eigenvalue weighted by atomic mass is 16.4. The lowest BCUT2D eigenvalue weighted by Gasteiger charge is -1.98. The zero-order valence-electron chi connectivity index (χ0n) is 6.16. The van der Waals surface area contributed by atoms with Crippen LogP contribution in [0.25, 0.3) is 0 Å². The maximum Gasteiger partial charge on any atom is 0.335 e. The van der Waals surface area contributed by atoms with Crippen molar-refractivity contribution in [1.29, 1.82) is 0 Å². The number of carbonyl (C=O) groups is 1. The Hall–Kier alpha value is -1.51. The molecule has 1 aromatic carbocycles. The van der Waals surface area contributed by atoms with Gasteiger partial charge in [-0.2, -0.15) is 0 Å². The first kappa shape index (κ1) is 7.60. The fraction of sp³-hybridized carbons (Fsp3) is 0.125. The van der Waals surface area contributed by atoms with Crippen molar-refractivity contribution in [2.75, 3.05) is 5.73 Å². The minimum atomic E-state index is -0.944. The molecule has 1 rings (SSSR count). The summed E-state index contributed by atoms with van der Waals surface area (Å²) in [7, 11) is 0. The van der Waals surface area contributed by atoms with E-state index in [1.807, 2.05) is 6.92 Å². The van der Waals surface area contributed by atoms with Crippen LogP contribution in [-0.4, -0.2) is 11.1 Å². The molecule has 0 heterocycles. The zero-order valence-corrected chi connectivity index (χ0v) is 6.16. The molecule has 0 unspecified atom stereocenters. The van der Waals surface area contributed by atoms with Crippen molar-refractivity contribution in [3.8, 4) is 0 Å². The fourth-order valence-corrected chi connectivity index (χ4v) is 0.936. The Balaban J connectivity index is 3.19. The number of hydrogen-bond donors (Lipinski definition) is 2. The molecule has 0 saturated heterocycles. The number of anilines is 1. The number of nitrogens with two attached hydrogens (primary N) is 1. The Morgan fingerprint density at radius 3 is 2.55 bits per heavy atom. The SMILES string of the molecule is Cc1cc(N)cc(C(=O)O)c1. The van der Waals surface area contributed by atoms with Crippen molar-refractivity contribution >= 4 is 11.7 Å². The molecule has 0 bridgehead atoms. The summed E-state index contributed by atoms with van der Waals surface area (Å²) < 4.78 is 0. The standard InChI is InChI=1S/C8H9NO2/c1-5-2-6(8(10)11)4-7(9)3-5/h2-4H,9H2,1H3,(H,10,11). The number of carboxylic acid groups (broad SMARTS) is 1. The fourth-order valence-electron chi connectivity index (χ4n) is 0.936. The van der Waals surface area contributed by atoms with Crippen molar-refractivity contribution in [3.63, 3.8) is 0 Å². The largest absolute Gasteiger partial charge is 0.478 e. The lowest BCUT2D eigenvalue weighted by Crippen LogP contribution is -1.98. The Morgan fingerprint density at radius 1 is 1.45 bits per heavy atom. The van der Waals surface area contributed by atoms with E-state index in [4.69, 9.17) is 10.8 Å². The van der Waals surface area contributed by atoms with Crippen LogP contribution >= 0.6 is 0 Å². The summed E-state index contributed by atoms with van der Waals surface area (Å²) in [5, 5.41) is 8.58. The third kappa shape index (κ3) is 1.70. The van der Waals surface area contributed by atoms with Gasteiger partial charge in [0.2, 0.25) is 0 Å².